The predicted octanol–water partition coefficient (Wildman–Crippen LogP) is 2.73. The van der Waals surface area contributed by atoms with Crippen molar-refractivity contribution in [2.24, 2.45) is 7.05 Å². The molecule has 0 spiro atoms. The summed E-state index contributed by atoms with van der Waals surface area (Å²) in [6, 6.07) is 9.05. The van der Waals surface area contributed by atoms with Crippen molar-refractivity contribution >= 4 is 23.4 Å². The Hall–Kier alpha value is -3.07. The maximum absolute atomic E-state index is 12.5. The second kappa shape index (κ2) is 7.28. The highest BCUT2D eigenvalue weighted by Gasteiger charge is 2.20. The number of hydrogen-bond donors (Lipinski definition) is 1. The molecule has 3 aromatic rings. The molecule has 0 aliphatic carbocycles. The van der Waals surface area contributed by atoms with Crippen molar-refractivity contribution < 1.29 is 14.3 Å². The minimum absolute atomic E-state index is 0.132. The highest BCUT2D eigenvalue weighted by Crippen LogP contribution is 2.34. The Kier molecular flexibility index (Phi) is 4.68. The van der Waals surface area contributed by atoms with Gasteiger partial charge in [-0.2, -0.15) is 0 Å². The normalized spacial score (nSPS) is 13.4. The molecule has 4 rings (SSSR count). The number of carbonyl (C=O) groups excluding carboxylic acids is 1. The first kappa shape index (κ1) is 17.3. The van der Waals surface area contributed by atoms with Crippen molar-refractivity contribution in [3.05, 3.63) is 42.7 Å². The van der Waals surface area contributed by atoms with Gasteiger partial charge >= 0.3 is 0 Å². The fourth-order valence-corrected chi connectivity index (χ4v) is 3.41. The van der Waals surface area contributed by atoms with Crippen LogP contribution in [0, 0.1) is 0 Å². The molecule has 1 amide bonds. The third-order valence-electron chi connectivity index (χ3n) is 4.06. The average Bonchev–Trinajstić information content (AvgIpc) is 3.29. The minimum atomic E-state index is -0.358. The Bertz CT molecular complexity index is 976. The highest BCUT2D eigenvalue weighted by atomic mass is 32.2. The third kappa shape index (κ3) is 3.59. The molecular weight excluding hydrogens is 366 g/mol. The number of nitrogens with zero attached hydrogens (tertiary/aromatic N) is 4. The lowest BCUT2D eigenvalue weighted by atomic mass is 10.2. The zero-order valence-electron chi connectivity index (χ0n) is 14.7. The van der Waals surface area contributed by atoms with Gasteiger partial charge in [0.15, 0.2) is 22.5 Å². The number of fused-ring (bicyclic) bond motifs is 1. The molecule has 1 aliphatic heterocycles. The van der Waals surface area contributed by atoms with Gasteiger partial charge in [0.05, 0.1) is 5.25 Å². The number of aromatic nitrogens is 4. The number of carbonyl (C=O) groups is 1. The Morgan fingerprint density at radius 3 is 2.78 bits per heavy atom. The largest absolute Gasteiger partial charge is 0.454 e. The van der Waals surface area contributed by atoms with Gasteiger partial charge in [0, 0.05) is 36.8 Å². The van der Waals surface area contributed by atoms with Crippen LogP contribution in [0.1, 0.15) is 6.92 Å². The first-order valence-electron chi connectivity index (χ1n) is 8.29. The lowest BCUT2D eigenvalue weighted by molar-refractivity contribution is -0.115. The number of amides is 1. The van der Waals surface area contributed by atoms with E-state index in [9.17, 15) is 4.79 Å². The van der Waals surface area contributed by atoms with Crippen LogP contribution in [0.5, 0.6) is 11.5 Å². The molecule has 9 heteroatoms. The molecule has 1 aromatic carbocycles. The van der Waals surface area contributed by atoms with E-state index in [1.54, 1.807) is 30.6 Å². The van der Waals surface area contributed by atoms with Gasteiger partial charge in [-0.1, -0.05) is 11.8 Å². The quantitative estimate of drug-likeness (QED) is 0.677. The molecule has 3 heterocycles. The smallest absolute Gasteiger partial charge is 0.237 e. The van der Waals surface area contributed by atoms with E-state index in [1.165, 1.54) is 11.8 Å². The standard InChI is InChI=1S/C18H17N5O3S/c1-11(17(24)20-13-3-4-14-15(9-13)26-10-25-14)27-18-22-21-16(23(18)2)12-5-7-19-8-6-12/h3-9,11H,10H2,1-2H3,(H,20,24)/t11-/m0/s1. The summed E-state index contributed by atoms with van der Waals surface area (Å²) in [4.78, 5) is 16.5. The van der Waals surface area contributed by atoms with E-state index in [1.807, 2.05) is 30.7 Å². The summed E-state index contributed by atoms with van der Waals surface area (Å²) >= 11 is 1.34. The molecule has 0 radical (unpaired) electrons. The van der Waals surface area contributed by atoms with Gasteiger partial charge in [-0.25, -0.2) is 0 Å². The number of rotatable bonds is 5. The third-order valence-corrected chi connectivity index (χ3v) is 5.20. The van der Waals surface area contributed by atoms with Gasteiger partial charge in [-0.3, -0.25) is 9.78 Å². The molecule has 0 fully saturated rings. The molecule has 27 heavy (non-hydrogen) atoms. The molecule has 1 N–H and O–H groups in total. The summed E-state index contributed by atoms with van der Waals surface area (Å²) in [7, 11) is 1.88. The Morgan fingerprint density at radius 1 is 1.19 bits per heavy atom. The SMILES string of the molecule is C[C@H](Sc1nnc(-c2ccncc2)n1C)C(=O)Nc1ccc2c(c1)OCO2. The van der Waals surface area contributed by atoms with Gasteiger partial charge in [0.2, 0.25) is 12.7 Å². The maximum atomic E-state index is 12.5. The molecule has 2 aromatic heterocycles. The van der Waals surface area contributed by atoms with Crippen molar-refractivity contribution in [2.75, 3.05) is 12.1 Å². The van der Waals surface area contributed by atoms with Crippen LogP contribution in [0.3, 0.4) is 0 Å². The fraction of sp³-hybridized carbons (Fsp3) is 0.222. The Balaban J connectivity index is 1.44. The summed E-state index contributed by atoms with van der Waals surface area (Å²) < 4.78 is 12.5. The number of anilines is 1. The van der Waals surface area contributed by atoms with Crippen molar-refractivity contribution in [3.63, 3.8) is 0 Å². The van der Waals surface area contributed by atoms with Crippen LogP contribution >= 0.6 is 11.8 Å². The van der Waals surface area contributed by atoms with Crippen LogP contribution in [-0.4, -0.2) is 37.7 Å². The van der Waals surface area contributed by atoms with Crippen LogP contribution in [0.2, 0.25) is 0 Å². The lowest BCUT2D eigenvalue weighted by Gasteiger charge is -2.12. The van der Waals surface area contributed by atoms with E-state index < -0.39 is 0 Å². The van der Waals surface area contributed by atoms with Crippen LogP contribution in [-0.2, 0) is 11.8 Å². The monoisotopic (exact) mass is 383 g/mol. The summed E-state index contributed by atoms with van der Waals surface area (Å²) in [5.74, 6) is 1.90. The second-order valence-corrected chi connectivity index (χ2v) is 7.23. The van der Waals surface area contributed by atoms with Gasteiger partial charge in [0.1, 0.15) is 0 Å². The number of pyridine rings is 1. The summed E-state index contributed by atoms with van der Waals surface area (Å²) in [5.41, 5.74) is 1.58. The molecule has 0 saturated carbocycles. The molecule has 138 valence electrons. The van der Waals surface area contributed by atoms with Gasteiger partial charge in [-0.05, 0) is 31.2 Å². The van der Waals surface area contributed by atoms with Crippen LogP contribution in [0.25, 0.3) is 11.4 Å². The summed E-state index contributed by atoms with van der Waals surface area (Å²) in [5, 5.41) is 11.6. The van der Waals surface area contributed by atoms with Crippen molar-refractivity contribution in [2.45, 2.75) is 17.3 Å². The zero-order valence-corrected chi connectivity index (χ0v) is 15.6. The number of ether oxygens (including phenoxy) is 2. The first-order chi connectivity index (χ1) is 13.1. The molecule has 0 unspecified atom stereocenters. The average molecular weight is 383 g/mol. The van der Waals surface area contributed by atoms with Gasteiger partial charge in [0.25, 0.3) is 0 Å². The van der Waals surface area contributed by atoms with E-state index >= 15 is 0 Å². The van der Waals surface area contributed by atoms with Gasteiger partial charge in [-0.15, -0.1) is 10.2 Å². The zero-order chi connectivity index (χ0) is 18.8. The second-order valence-electron chi connectivity index (χ2n) is 5.92. The summed E-state index contributed by atoms with van der Waals surface area (Å²) in [6.45, 7) is 2.03. The Labute approximate surface area is 159 Å². The predicted molar refractivity (Wildman–Crippen MR) is 101 cm³/mol. The van der Waals surface area contributed by atoms with E-state index in [2.05, 4.69) is 20.5 Å². The number of hydrogen-bond acceptors (Lipinski definition) is 7. The Morgan fingerprint density at radius 2 is 1.96 bits per heavy atom. The van der Waals surface area contributed by atoms with Crippen LogP contribution in [0.4, 0.5) is 5.69 Å². The first-order valence-corrected chi connectivity index (χ1v) is 9.17. The molecule has 8 nitrogen and oxygen atoms in total. The molecule has 1 aliphatic rings. The van der Waals surface area contributed by atoms with Crippen LogP contribution in [0.15, 0.2) is 47.9 Å². The number of nitrogens with one attached hydrogen (secondary N) is 1. The van der Waals surface area contributed by atoms with Crippen molar-refractivity contribution in [3.8, 4) is 22.9 Å². The van der Waals surface area contributed by atoms with Crippen LogP contribution < -0.4 is 14.8 Å². The van der Waals surface area contributed by atoms with Crippen molar-refractivity contribution in [1.29, 1.82) is 0 Å². The molecule has 0 saturated heterocycles. The highest BCUT2D eigenvalue weighted by molar-refractivity contribution is 8.00. The summed E-state index contributed by atoms with van der Waals surface area (Å²) in [6.07, 6.45) is 3.41. The molecular formula is C18H17N5O3S. The van der Waals surface area contributed by atoms with E-state index in [0.29, 0.717) is 22.3 Å². The van der Waals surface area contributed by atoms with E-state index in [-0.39, 0.29) is 18.0 Å². The van der Waals surface area contributed by atoms with Crippen molar-refractivity contribution in [1.82, 2.24) is 19.7 Å². The number of benzene rings is 1. The minimum Gasteiger partial charge on any atom is -0.454 e. The molecule has 1 atom stereocenters. The lowest BCUT2D eigenvalue weighted by Crippen LogP contribution is -2.22. The van der Waals surface area contributed by atoms with Gasteiger partial charge < -0.3 is 19.4 Å². The maximum Gasteiger partial charge on any atom is 0.237 e. The topological polar surface area (TPSA) is 91.2 Å². The number of thioether (sulfide) groups is 1. The molecule has 0 bridgehead atoms. The van der Waals surface area contributed by atoms with E-state index in [4.69, 9.17) is 9.47 Å². The fourth-order valence-electron chi connectivity index (χ4n) is 2.60. The van der Waals surface area contributed by atoms with E-state index in [0.717, 1.165) is 11.4 Å².